The van der Waals surface area contributed by atoms with Crippen molar-refractivity contribution in [1.29, 1.82) is 0 Å². The van der Waals surface area contributed by atoms with E-state index in [1.165, 1.54) is 35.2 Å². The summed E-state index contributed by atoms with van der Waals surface area (Å²) in [5, 5.41) is 5.61. The number of hydrogen-bond donors (Lipinski definition) is 2. The number of nitrogens with one attached hydrogen (secondary N) is 2. The second-order valence-electron chi connectivity index (χ2n) is 9.61. The Morgan fingerprint density at radius 3 is 2.30 bits per heavy atom. The van der Waals surface area contributed by atoms with Gasteiger partial charge in [-0.15, -0.1) is 0 Å². The number of hydrogen-bond acceptors (Lipinski definition) is 4. The van der Waals surface area contributed by atoms with E-state index < -0.39 is 11.8 Å². The number of aryl methyl sites for hydroxylation is 1. The van der Waals surface area contributed by atoms with Crippen molar-refractivity contribution in [2.45, 2.75) is 51.5 Å². The summed E-state index contributed by atoms with van der Waals surface area (Å²) in [6, 6.07) is 14.4. The fraction of sp³-hybridized carbons (Fsp3) is 0.481. The fourth-order valence-electron chi connectivity index (χ4n) is 4.93. The van der Waals surface area contributed by atoms with Crippen LogP contribution < -0.4 is 15.5 Å². The topological polar surface area (TPSA) is 64.7 Å². The van der Waals surface area contributed by atoms with Crippen LogP contribution in [0.4, 0.5) is 11.4 Å². The summed E-state index contributed by atoms with van der Waals surface area (Å²) in [4.78, 5) is 29.8. The summed E-state index contributed by atoms with van der Waals surface area (Å²) in [6.07, 6.45) is 4.59. The van der Waals surface area contributed by atoms with Crippen molar-refractivity contribution in [2.75, 3.05) is 43.4 Å². The molecule has 2 aromatic rings. The van der Waals surface area contributed by atoms with Gasteiger partial charge in [0.05, 0.1) is 6.04 Å². The first-order valence-corrected chi connectivity index (χ1v) is 12.2. The maximum atomic E-state index is 12.6. The van der Waals surface area contributed by atoms with Crippen molar-refractivity contribution in [3.05, 3.63) is 59.2 Å². The third-order valence-corrected chi connectivity index (χ3v) is 6.92. The van der Waals surface area contributed by atoms with E-state index in [4.69, 9.17) is 0 Å². The minimum atomic E-state index is -0.625. The van der Waals surface area contributed by atoms with E-state index in [9.17, 15) is 9.59 Å². The molecule has 2 N–H and O–H groups in total. The Morgan fingerprint density at radius 1 is 0.909 bits per heavy atom. The Bertz CT molecular complexity index is 980. The van der Waals surface area contributed by atoms with Crippen LogP contribution in [0.2, 0.25) is 0 Å². The number of nitrogens with zero attached hydrogens (tertiary/aromatic N) is 2. The molecule has 2 heterocycles. The maximum absolute atomic E-state index is 12.6. The Balaban J connectivity index is 1.42. The summed E-state index contributed by atoms with van der Waals surface area (Å²) >= 11 is 0. The standard InChI is InChI=1S/C27H36N4O2/c1-19(2)20-8-11-23(12-9-20)29-27(33)26(32)28-18-25(31-15-4-5-16-31)22-10-13-24-21(17-22)7-6-14-30(24)3/h8-13,17,19,25H,4-7,14-16,18H2,1-3H3,(H,28,32)(H,29,33). The van der Waals surface area contributed by atoms with Gasteiger partial charge in [0.25, 0.3) is 0 Å². The van der Waals surface area contributed by atoms with E-state index in [-0.39, 0.29) is 6.04 Å². The second kappa shape index (κ2) is 10.4. The Morgan fingerprint density at radius 2 is 1.61 bits per heavy atom. The van der Waals surface area contributed by atoms with Crippen LogP contribution in [0.1, 0.15) is 61.8 Å². The largest absolute Gasteiger partial charge is 0.374 e. The summed E-state index contributed by atoms with van der Waals surface area (Å²) in [6.45, 7) is 7.80. The zero-order valence-corrected chi connectivity index (χ0v) is 20.1. The van der Waals surface area contributed by atoms with E-state index in [2.05, 4.69) is 59.5 Å². The molecule has 2 aliphatic rings. The van der Waals surface area contributed by atoms with E-state index >= 15 is 0 Å². The van der Waals surface area contributed by atoms with Crippen molar-refractivity contribution in [2.24, 2.45) is 0 Å². The molecule has 1 fully saturated rings. The van der Waals surface area contributed by atoms with E-state index in [0.29, 0.717) is 18.2 Å². The Hall–Kier alpha value is -2.86. The third-order valence-electron chi connectivity index (χ3n) is 6.92. The van der Waals surface area contributed by atoms with Crippen molar-refractivity contribution in [3.63, 3.8) is 0 Å². The lowest BCUT2D eigenvalue weighted by Crippen LogP contribution is -2.41. The molecule has 0 aromatic heterocycles. The van der Waals surface area contributed by atoms with Gasteiger partial charge in [0.1, 0.15) is 0 Å². The highest BCUT2D eigenvalue weighted by molar-refractivity contribution is 6.39. The molecular weight excluding hydrogens is 412 g/mol. The van der Waals surface area contributed by atoms with E-state index in [1.54, 1.807) is 0 Å². The van der Waals surface area contributed by atoms with Crippen LogP contribution in [0.3, 0.4) is 0 Å². The van der Waals surface area contributed by atoms with Gasteiger partial charge in [-0.05, 0) is 79.6 Å². The number of amides is 2. The summed E-state index contributed by atoms with van der Waals surface area (Å²) < 4.78 is 0. The molecule has 0 aliphatic carbocycles. The first-order chi connectivity index (χ1) is 15.9. The Labute approximate surface area is 197 Å². The number of benzene rings is 2. The molecule has 0 bridgehead atoms. The predicted molar refractivity (Wildman–Crippen MR) is 134 cm³/mol. The molecule has 0 spiro atoms. The zero-order valence-electron chi connectivity index (χ0n) is 20.1. The van der Waals surface area contributed by atoms with Crippen LogP contribution in [0.5, 0.6) is 0 Å². The first-order valence-electron chi connectivity index (χ1n) is 12.2. The molecule has 4 rings (SSSR count). The molecule has 0 saturated carbocycles. The molecule has 176 valence electrons. The van der Waals surface area contributed by atoms with Gasteiger partial charge in [-0.1, -0.05) is 38.1 Å². The number of fused-ring (bicyclic) bond motifs is 1. The predicted octanol–water partition coefficient (Wildman–Crippen LogP) is 4.08. The van der Waals surface area contributed by atoms with Crippen LogP contribution >= 0.6 is 0 Å². The normalized spacial score (nSPS) is 17.0. The van der Waals surface area contributed by atoms with Gasteiger partial charge in [0.2, 0.25) is 0 Å². The minimum absolute atomic E-state index is 0.0760. The van der Waals surface area contributed by atoms with Crippen molar-refractivity contribution >= 4 is 23.2 Å². The molecule has 33 heavy (non-hydrogen) atoms. The summed E-state index contributed by atoms with van der Waals surface area (Å²) in [5.41, 5.74) is 5.73. The quantitative estimate of drug-likeness (QED) is 0.654. The molecule has 2 amide bonds. The highest BCUT2D eigenvalue weighted by atomic mass is 16.2. The molecule has 1 atom stereocenters. The first kappa shape index (κ1) is 23.3. The van der Waals surface area contributed by atoms with Crippen molar-refractivity contribution in [1.82, 2.24) is 10.2 Å². The number of anilines is 2. The van der Waals surface area contributed by atoms with Crippen LogP contribution in [0, 0.1) is 0 Å². The number of rotatable bonds is 6. The van der Waals surface area contributed by atoms with Gasteiger partial charge in [-0.25, -0.2) is 0 Å². The van der Waals surface area contributed by atoms with Gasteiger partial charge in [0.15, 0.2) is 0 Å². The molecule has 2 aromatic carbocycles. The maximum Gasteiger partial charge on any atom is 0.313 e. The smallest absolute Gasteiger partial charge is 0.313 e. The molecule has 6 nitrogen and oxygen atoms in total. The average molecular weight is 449 g/mol. The van der Waals surface area contributed by atoms with Crippen molar-refractivity contribution in [3.8, 4) is 0 Å². The van der Waals surface area contributed by atoms with E-state index in [0.717, 1.165) is 32.5 Å². The van der Waals surface area contributed by atoms with Gasteiger partial charge in [-0.2, -0.15) is 0 Å². The molecule has 6 heteroatoms. The number of carbonyl (C=O) groups excluding carboxylic acids is 2. The highest BCUT2D eigenvalue weighted by Crippen LogP contribution is 2.31. The average Bonchev–Trinajstić information content (AvgIpc) is 3.34. The lowest BCUT2D eigenvalue weighted by Gasteiger charge is -2.31. The third kappa shape index (κ3) is 5.56. The second-order valence-corrected chi connectivity index (χ2v) is 9.61. The highest BCUT2D eigenvalue weighted by Gasteiger charge is 2.26. The van der Waals surface area contributed by atoms with Gasteiger partial charge in [-0.3, -0.25) is 14.5 Å². The lowest BCUT2D eigenvalue weighted by atomic mass is 9.96. The molecule has 1 unspecified atom stereocenters. The van der Waals surface area contributed by atoms with Crippen LogP contribution in [0.15, 0.2) is 42.5 Å². The van der Waals surface area contributed by atoms with Crippen LogP contribution in [-0.4, -0.2) is 49.9 Å². The van der Waals surface area contributed by atoms with Crippen molar-refractivity contribution < 1.29 is 9.59 Å². The number of carbonyl (C=O) groups is 2. The van der Waals surface area contributed by atoms with Gasteiger partial charge in [0, 0.05) is 31.5 Å². The molecule has 2 aliphatic heterocycles. The fourth-order valence-corrected chi connectivity index (χ4v) is 4.93. The molecule has 0 radical (unpaired) electrons. The van der Waals surface area contributed by atoms with Crippen LogP contribution in [-0.2, 0) is 16.0 Å². The van der Waals surface area contributed by atoms with E-state index in [1.807, 2.05) is 24.3 Å². The van der Waals surface area contributed by atoms with Gasteiger partial charge < -0.3 is 15.5 Å². The van der Waals surface area contributed by atoms with Gasteiger partial charge >= 0.3 is 11.8 Å². The van der Waals surface area contributed by atoms with Crippen LogP contribution in [0.25, 0.3) is 0 Å². The SMILES string of the molecule is CC(C)c1ccc(NC(=O)C(=O)NCC(c2ccc3c(c2)CCCN3C)N2CCCC2)cc1. The Kier molecular flexibility index (Phi) is 7.33. The summed E-state index contributed by atoms with van der Waals surface area (Å²) in [7, 11) is 2.14. The summed E-state index contributed by atoms with van der Waals surface area (Å²) in [5.74, 6) is -0.797. The molecule has 1 saturated heterocycles. The molecular formula is C27H36N4O2. The lowest BCUT2D eigenvalue weighted by molar-refractivity contribution is -0.136. The minimum Gasteiger partial charge on any atom is -0.374 e. The number of likely N-dealkylation sites (tertiary alicyclic amines) is 1. The zero-order chi connectivity index (χ0) is 23.4. The monoisotopic (exact) mass is 448 g/mol.